The van der Waals surface area contributed by atoms with Gasteiger partial charge in [-0.25, -0.2) is 4.90 Å². The molecule has 0 aromatic carbocycles. The highest BCUT2D eigenvalue weighted by Crippen LogP contribution is 2.14. The van der Waals surface area contributed by atoms with Gasteiger partial charge in [0.2, 0.25) is 0 Å². The molecule has 0 aromatic rings. The number of aliphatic hydroxyl groups excluding tert-OH is 2. The number of halogens is 2. The molecule has 0 aliphatic carbocycles. The number of rotatable bonds is 1. The zero-order valence-electron chi connectivity index (χ0n) is 5.95. The summed E-state index contributed by atoms with van der Waals surface area (Å²) < 4.78 is 23.9. The van der Waals surface area contributed by atoms with Crippen molar-refractivity contribution in [3.8, 4) is 0 Å². The molecule has 1 fully saturated rings. The van der Waals surface area contributed by atoms with Gasteiger partial charge in [-0.05, 0) is 6.42 Å². The highest BCUT2D eigenvalue weighted by molar-refractivity contribution is 4.78. The van der Waals surface area contributed by atoms with Crippen molar-refractivity contribution < 1.29 is 19.0 Å². The van der Waals surface area contributed by atoms with Crippen LogP contribution in [-0.4, -0.2) is 47.0 Å². The standard InChI is InChI=1S/C6H11F2NO2/c7-6(8)9-2-1-4(10)5(11)3-9/h4-6,10-11H,1-3H2. The number of piperidine rings is 1. The summed E-state index contributed by atoms with van der Waals surface area (Å²) in [4.78, 5) is 0.845. The van der Waals surface area contributed by atoms with Crippen LogP contribution in [0.4, 0.5) is 8.78 Å². The fourth-order valence-electron chi connectivity index (χ4n) is 1.12. The first-order valence-electron chi connectivity index (χ1n) is 3.49. The van der Waals surface area contributed by atoms with Crippen LogP contribution in [0.25, 0.3) is 0 Å². The van der Waals surface area contributed by atoms with Crippen LogP contribution in [0.5, 0.6) is 0 Å². The minimum Gasteiger partial charge on any atom is -0.390 e. The van der Waals surface area contributed by atoms with Gasteiger partial charge >= 0.3 is 0 Å². The lowest BCUT2D eigenvalue weighted by atomic mass is 10.1. The molecule has 66 valence electrons. The zero-order valence-corrected chi connectivity index (χ0v) is 5.95. The third-order valence-corrected chi connectivity index (χ3v) is 1.85. The Morgan fingerprint density at radius 3 is 2.36 bits per heavy atom. The Kier molecular flexibility index (Phi) is 2.75. The number of aliphatic hydroxyl groups is 2. The fourth-order valence-corrected chi connectivity index (χ4v) is 1.12. The van der Waals surface area contributed by atoms with Gasteiger partial charge in [-0.3, -0.25) is 0 Å². The van der Waals surface area contributed by atoms with Gasteiger partial charge in [-0.2, -0.15) is 8.78 Å². The van der Waals surface area contributed by atoms with Gasteiger partial charge in [0.15, 0.2) is 0 Å². The van der Waals surface area contributed by atoms with E-state index >= 15 is 0 Å². The van der Waals surface area contributed by atoms with Crippen LogP contribution in [0.15, 0.2) is 0 Å². The summed E-state index contributed by atoms with van der Waals surface area (Å²) in [5.74, 6) is 0. The van der Waals surface area contributed by atoms with E-state index in [0.29, 0.717) is 0 Å². The number of likely N-dealkylation sites (tertiary alicyclic amines) is 1. The molecule has 0 amide bonds. The first-order chi connectivity index (χ1) is 5.11. The molecule has 11 heavy (non-hydrogen) atoms. The molecule has 3 nitrogen and oxygen atoms in total. The van der Waals surface area contributed by atoms with E-state index in [1.165, 1.54) is 0 Å². The molecule has 0 aromatic heterocycles. The Morgan fingerprint density at radius 2 is 1.91 bits per heavy atom. The molecule has 2 unspecified atom stereocenters. The lowest BCUT2D eigenvalue weighted by Gasteiger charge is -2.32. The minimum absolute atomic E-state index is 0.140. The topological polar surface area (TPSA) is 43.7 Å². The molecule has 1 aliphatic heterocycles. The van der Waals surface area contributed by atoms with Crippen molar-refractivity contribution in [3.05, 3.63) is 0 Å². The average molecular weight is 167 g/mol. The van der Waals surface area contributed by atoms with Gasteiger partial charge in [-0.1, -0.05) is 0 Å². The quantitative estimate of drug-likeness (QED) is 0.524. The summed E-state index contributed by atoms with van der Waals surface area (Å²) in [5.41, 5.74) is 0. The van der Waals surface area contributed by atoms with Gasteiger partial charge in [0.1, 0.15) is 0 Å². The fraction of sp³-hybridized carbons (Fsp3) is 1.00. The normalized spacial score (nSPS) is 34.6. The van der Waals surface area contributed by atoms with Crippen LogP contribution in [0.3, 0.4) is 0 Å². The van der Waals surface area contributed by atoms with Crippen LogP contribution in [0, 0.1) is 0 Å². The van der Waals surface area contributed by atoms with Crippen LogP contribution in [0.1, 0.15) is 6.42 Å². The largest absolute Gasteiger partial charge is 0.390 e. The van der Waals surface area contributed by atoms with E-state index < -0.39 is 18.8 Å². The second-order valence-corrected chi connectivity index (χ2v) is 2.70. The smallest absolute Gasteiger partial charge is 0.294 e. The maximum atomic E-state index is 12.0. The lowest BCUT2D eigenvalue weighted by molar-refractivity contribution is -0.105. The van der Waals surface area contributed by atoms with Crippen molar-refractivity contribution in [2.75, 3.05) is 13.1 Å². The SMILES string of the molecule is OC1CCN(C(F)F)CC1O. The van der Waals surface area contributed by atoms with Gasteiger partial charge in [-0.15, -0.1) is 0 Å². The van der Waals surface area contributed by atoms with Crippen molar-refractivity contribution >= 4 is 0 Å². The van der Waals surface area contributed by atoms with E-state index in [1.807, 2.05) is 0 Å². The lowest BCUT2D eigenvalue weighted by Crippen LogP contribution is -2.48. The van der Waals surface area contributed by atoms with Crippen molar-refractivity contribution in [2.45, 2.75) is 25.2 Å². The summed E-state index contributed by atoms with van der Waals surface area (Å²) in [6.07, 6.45) is -1.66. The third kappa shape index (κ3) is 2.08. The summed E-state index contributed by atoms with van der Waals surface area (Å²) in [6.45, 7) is -2.52. The number of β-amino-alcohol motifs (C(OH)–C–C–N with tert-alkyl or cyclic N) is 1. The maximum absolute atomic E-state index is 12.0. The molecule has 1 aliphatic rings. The number of nitrogens with zero attached hydrogens (tertiary/aromatic N) is 1. The first-order valence-corrected chi connectivity index (χ1v) is 3.49. The molecular formula is C6H11F2NO2. The first kappa shape index (κ1) is 8.83. The molecule has 5 heteroatoms. The van der Waals surface area contributed by atoms with Crippen molar-refractivity contribution in [1.82, 2.24) is 4.90 Å². The van der Waals surface area contributed by atoms with E-state index in [9.17, 15) is 8.78 Å². The predicted molar refractivity (Wildman–Crippen MR) is 34.2 cm³/mol. The van der Waals surface area contributed by atoms with Crippen molar-refractivity contribution in [2.24, 2.45) is 0 Å². The van der Waals surface area contributed by atoms with Gasteiger partial charge in [0, 0.05) is 13.1 Å². The van der Waals surface area contributed by atoms with E-state index in [-0.39, 0.29) is 19.5 Å². The van der Waals surface area contributed by atoms with Crippen molar-refractivity contribution in [3.63, 3.8) is 0 Å². The van der Waals surface area contributed by atoms with Crippen LogP contribution in [0.2, 0.25) is 0 Å². The molecule has 0 saturated carbocycles. The Labute approximate surface area is 63.2 Å². The summed E-state index contributed by atoms with van der Waals surface area (Å²) in [5, 5.41) is 17.9. The zero-order chi connectivity index (χ0) is 8.43. The molecule has 1 saturated heterocycles. The predicted octanol–water partition coefficient (Wildman–Crippen LogP) is -0.363. The second-order valence-electron chi connectivity index (χ2n) is 2.70. The number of alkyl halides is 2. The molecule has 2 N–H and O–H groups in total. The molecule has 2 atom stereocenters. The van der Waals surface area contributed by atoms with Gasteiger partial charge in [0.25, 0.3) is 6.55 Å². The maximum Gasteiger partial charge on any atom is 0.294 e. The minimum atomic E-state index is -2.53. The molecule has 1 heterocycles. The van der Waals surface area contributed by atoms with E-state index in [2.05, 4.69) is 0 Å². The molecule has 0 radical (unpaired) electrons. The van der Waals surface area contributed by atoms with Crippen LogP contribution in [-0.2, 0) is 0 Å². The Bertz CT molecular complexity index is 134. The molecular weight excluding hydrogens is 156 g/mol. The van der Waals surface area contributed by atoms with Crippen LogP contribution >= 0.6 is 0 Å². The summed E-state index contributed by atoms with van der Waals surface area (Å²) in [6, 6.07) is 0. The van der Waals surface area contributed by atoms with Crippen LogP contribution < -0.4 is 0 Å². The van der Waals surface area contributed by atoms with Gasteiger partial charge < -0.3 is 10.2 Å². The number of hydrogen-bond acceptors (Lipinski definition) is 3. The monoisotopic (exact) mass is 167 g/mol. The Hall–Kier alpha value is -0.260. The third-order valence-electron chi connectivity index (χ3n) is 1.85. The van der Waals surface area contributed by atoms with E-state index in [0.717, 1.165) is 4.90 Å². The number of hydrogen-bond donors (Lipinski definition) is 2. The molecule has 1 rings (SSSR count). The van der Waals surface area contributed by atoms with Gasteiger partial charge in [0.05, 0.1) is 12.2 Å². The Morgan fingerprint density at radius 1 is 1.27 bits per heavy atom. The summed E-state index contributed by atoms with van der Waals surface area (Å²) >= 11 is 0. The molecule has 0 spiro atoms. The highest BCUT2D eigenvalue weighted by atomic mass is 19.3. The molecule has 0 bridgehead atoms. The summed E-state index contributed by atoms with van der Waals surface area (Å²) in [7, 11) is 0. The second kappa shape index (κ2) is 3.42. The van der Waals surface area contributed by atoms with E-state index in [4.69, 9.17) is 10.2 Å². The average Bonchev–Trinajstić information content (AvgIpc) is 1.94. The van der Waals surface area contributed by atoms with Crippen molar-refractivity contribution in [1.29, 1.82) is 0 Å². The van der Waals surface area contributed by atoms with E-state index in [1.54, 1.807) is 0 Å². The highest BCUT2D eigenvalue weighted by Gasteiger charge is 2.29. The Balaban J connectivity index is 2.40.